The highest BCUT2D eigenvalue weighted by molar-refractivity contribution is 5.94. The van der Waals surface area contributed by atoms with Gasteiger partial charge in [0.1, 0.15) is 6.29 Å². The molecule has 0 aromatic heterocycles. The van der Waals surface area contributed by atoms with Gasteiger partial charge in [0.15, 0.2) is 0 Å². The van der Waals surface area contributed by atoms with Crippen molar-refractivity contribution in [2.24, 2.45) is 0 Å². The first kappa shape index (κ1) is 10.9. The molecule has 0 saturated carbocycles. The first-order chi connectivity index (χ1) is 7.65. The van der Waals surface area contributed by atoms with Crippen molar-refractivity contribution in [2.45, 2.75) is 32.2 Å². The maximum Gasteiger partial charge on any atom is 0.224 e. The number of nitrogens with zero attached hydrogens (tertiary/aromatic N) is 1. The highest BCUT2D eigenvalue weighted by Crippen LogP contribution is 2.37. The molecule has 1 amide bonds. The highest BCUT2D eigenvalue weighted by Gasteiger charge is 2.31. The molecule has 1 heterocycles. The molecule has 0 unspecified atom stereocenters. The van der Waals surface area contributed by atoms with Crippen molar-refractivity contribution in [3.63, 3.8) is 0 Å². The van der Waals surface area contributed by atoms with Crippen LogP contribution in [0.5, 0.6) is 0 Å². The predicted octanol–water partition coefficient (Wildman–Crippen LogP) is 2.11. The maximum atomic E-state index is 11.6. The molecule has 16 heavy (non-hydrogen) atoms. The first-order valence-corrected chi connectivity index (χ1v) is 5.49. The van der Waals surface area contributed by atoms with E-state index in [1.54, 1.807) is 11.8 Å². The van der Waals surface area contributed by atoms with E-state index >= 15 is 0 Å². The van der Waals surface area contributed by atoms with Crippen molar-refractivity contribution in [3.05, 3.63) is 29.8 Å². The van der Waals surface area contributed by atoms with Crippen LogP contribution >= 0.6 is 0 Å². The molecule has 0 bridgehead atoms. The third-order valence-electron chi connectivity index (χ3n) is 3.14. The third-order valence-corrected chi connectivity index (χ3v) is 3.14. The second kappa shape index (κ2) is 4.08. The fourth-order valence-electron chi connectivity index (χ4n) is 2.47. The van der Waals surface area contributed by atoms with E-state index in [1.807, 2.05) is 31.2 Å². The molecule has 1 aromatic rings. The van der Waals surface area contributed by atoms with Gasteiger partial charge >= 0.3 is 0 Å². The summed E-state index contributed by atoms with van der Waals surface area (Å²) < 4.78 is 0. The van der Waals surface area contributed by atoms with Gasteiger partial charge in [-0.05, 0) is 25.0 Å². The van der Waals surface area contributed by atoms with Gasteiger partial charge in [0, 0.05) is 24.6 Å². The van der Waals surface area contributed by atoms with Crippen molar-refractivity contribution in [1.29, 1.82) is 0 Å². The average Bonchev–Trinajstić information content (AvgIpc) is 2.27. The average molecular weight is 217 g/mol. The minimum Gasteiger partial charge on any atom is -0.310 e. The molecule has 0 aliphatic carbocycles. The Bertz CT molecular complexity index is 428. The second-order valence-corrected chi connectivity index (χ2v) is 4.28. The largest absolute Gasteiger partial charge is 0.310 e. The summed E-state index contributed by atoms with van der Waals surface area (Å²) in [7, 11) is 0. The lowest BCUT2D eigenvalue weighted by molar-refractivity contribution is -0.117. The fraction of sp³-hybridized carbons (Fsp3) is 0.385. The Morgan fingerprint density at radius 1 is 1.44 bits per heavy atom. The molecule has 3 nitrogen and oxygen atoms in total. The monoisotopic (exact) mass is 217 g/mol. The number of carbonyl (C=O) groups is 2. The number of fused-ring (bicyclic) bond motifs is 1. The number of amides is 1. The third kappa shape index (κ3) is 1.62. The van der Waals surface area contributed by atoms with Gasteiger partial charge in [-0.25, -0.2) is 0 Å². The summed E-state index contributed by atoms with van der Waals surface area (Å²) in [6.07, 6.45) is 1.69. The summed E-state index contributed by atoms with van der Waals surface area (Å²) >= 11 is 0. The molecule has 1 aromatic carbocycles. The van der Waals surface area contributed by atoms with Crippen molar-refractivity contribution in [1.82, 2.24) is 0 Å². The van der Waals surface area contributed by atoms with E-state index in [-0.39, 0.29) is 17.9 Å². The van der Waals surface area contributed by atoms with Crippen LogP contribution in [0.25, 0.3) is 0 Å². The van der Waals surface area contributed by atoms with Crippen LogP contribution < -0.4 is 4.90 Å². The predicted molar refractivity (Wildman–Crippen MR) is 62.5 cm³/mol. The minimum absolute atomic E-state index is 0.0318. The van der Waals surface area contributed by atoms with Gasteiger partial charge in [0.25, 0.3) is 0 Å². The van der Waals surface area contributed by atoms with Crippen LogP contribution in [-0.4, -0.2) is 18.2 Å². The van der Waals surface area contributed by atoms with Crippen LogP contribution in [0.15, 0.2) is 24.3 Å². The van der Waals surface area contributed by atoms with Crippen LogP contribution in [0.1, 0.15) is 31.7 Å². The van der Waals surface area contributed by atoms with E-state index in [9.17, 15) is 9.59 Å². The zero-order valence-corrected chi connectivity index (χ0v) is 9.51. The van der Waals surface area contributed by atoms with Gasteiger partial charge in [-0.15, -0.1) is 0 Å². The molecule has 1 aliphatic heterocycles. The van der Waals surface area contributed by atoms with Gasteiger partial charge in [0.05, 0.1) is 0 Å². The normalized spacial score (nSPS) is 23.8. The Morgan fingerprint density at radius 3 is 2.75 bits per heavy atom. The molecule has 2 rings (SSSR count). The summed E-state index contributed by atoms with van der Waals surface area (Å²) in [6.45, 7) is 3.54. The van der Waals surface area contributed by atoms with Crippen molar-refractivity contribution < 1.29 is 9.59 Å². The molecule has 0 saturated heterocycles. The van der Waals surface area contributed by atoms with Crippen molar-refractivity contribution in [2.75, 3.05) is 4.90 Å². The van der Waals surface area contributed by atoms with E-state index in [0.29, 0.717) is 6.42 Å². The number of para-hydroxylation sites is 1. The first-order valence-electron chi connectivity index (χ1n) is 5.49. The molecule has 3 heteroatoms. The van der Waals surface area contributed by atoms with Gasteiger partial charge < -0.3 is 9.69 Å². The van der Waals surface area contributed by atoms with Gasteiger partial charge in [-0.3, -0.25) is 4.79 Å². The molecule has 2 atom stereocenters. The van der Waals surface area contributed by atoms with Gasteiger partial charge in [-0.1, -0.05) is 18.2 Å². The fourth-order valence-corrected chi connectivity index (χ4v) is 2.47. The Morgan fingerprint density at radius 2 is 2.12 bits per heavy atom. The zero-order valence-electron chi connectivity index (χ0n) is 9.51. The lowest BCUT2D eigenvalue weighted by Gasteiger charge is -2.37. The molecular formula is C13H15NO2. The number of benzene rings is 1. The highest BCUT2D eigenvalue weighted by atomic mass is 16.2. The van der Waals surface area contributed by atoms with E-state index in [2.05, 4.69) is 0 Å². The Kier molecular flexibility index (Phi) is 2.77. The van der Waals surface area contributed by atoms with Gasteiger partial charge in [0.2, 0.25) is 5.91 Å². The van der Waals surface area contributed by atoms with Crippen LogP contribution in [0.3, 0.4) is 0 Å². The lowest BCUT2D eigenvalue weighted by atomic mass is 9.87. The molecule has 1 aliphatic rings. The van der Waals surface area contributed by atoms with Gasteiger partial charge in [-0.2, -0.15) is 0 Å². The Balaban J connectivity index is 2.53. The van der Waals surface area contributed by atoms with Crippen LogP contribution in [0.4, 0.5) is 5.69 Å². The quantitative estimate of drug-likeness (QED) is 0.676. The standard InChI is InChI=1S/C13H15NO2/c1-9-7-11(8-15)12-5-3-4-6-13(12)14(9)10(2)16/h3-6,8-9,11H,7H2,1-2H3/t9-,11-/m0/s1. The summed E-state index contributed by atoms with van der Waals surface area (Å²) in [6, 6.07) is 7.72. The summed E-state index contributed by atoms with van der Waals surface area (Å²) in [5.74, 6) is -0.0499. The topological polar surface area (TPSA) is 37.4 Å². The van der Waals surface area contributed by atoms with E-state index in [1.165, 1.54) is 0 Å². The molecule has 84 valence electrons. The number of rotatable bonds is 1. The van der Waals surface area contributed by atoms with Crippen molar-refractivity contribution >= 4 is 17.9 Å². The number of aldehydes is 1. The lowest BCUT2D eigenvalue weighted by Crippen LogP contribution is -2.42. The van der Waals surface area contributed by atoms with E-state index < -0.39 is 0 Å². The molecule has 0 spiro atoms. The number of hydrogen-bond acceptors (Lipinski definition) is 2. The number of anilines is 1. The number of hydrogen-bond donors (Lipinski definition) is 0. The van der Waals surface area contributed by atoms with Crippen LogP contribution in [0, 0.1) is 0 Å². The molecule has 0 fully saturated rings. The maximum absolute atomic E-state index is 11.6. The van der Waals surface area contributed by atoms with Crippen LogP contribution in [-0.2, 0) is 9.59 Å². The smallest absolute Gasteiger partial charge is 0.224 e. The number of carbonyl (C=O) groups excluding carboxylic acids is 2. The molecule has 0 N–H and O–H groups in total. The molecular weight excluding hydrogens is 202 g/mol. The molecule has 0 radical (unpaired) electrons. The summed E-state index contributed by atoms with van der Waals surface area (Å²) in [5, 5.41) is 0. The Labute approximate surface area is 95.1 Å². The minimum atomic E-state index is -0.0817. The van der Waals surface area contributed by atoms with E-state index in [0.717, 1.165) is 17.5 Å². The summed E-state index contributed by atoms with van der Waals surface area (Å²) in [5.41, 5.74) is 1.84. The summed E-state index contributed by atoms with van der Waals surface area (Å²) in [4.78, 5) is 24.4. The second-order valence-electron chi connectivity index (χ2n) is 4.28. The van der Waals surface area contributed by atoms with E-state index in [4.69, 9.17) is 0 Å². The SMILES string of the molecule is CC(=O)N1c2ccccc2[C@H](C=O)C[C@@H]1C. The Hall–Kier alpha value is -1.64. The zero-order chi connectivity index (χ0) is 11.7. The van der Waals surface area contributed by atoms with Crippen molar-refractivity contribution in [3.8, 4) is 0 Å². The van der Waals surface area contributed by atoms with Crippen LogP contribution in [0.2, 0.25) is 0 Å².